The summed E-state index contributed by atoms with van der Waals surface area (Å²) < 4.78 is 0. The maximum Gasteiger partial charge on any atom is 0.226 e. The van der Waals surface area contributed by atoms with Crippen LogP contribution < -0.4 is 0 Å². The fraction of sp³-hybridized carbons (Fsp3) is 0.933. The van der Waals surface area contributed by atoms with Crippen LogP contribution in [0.2, 0.25) is 0 Å². The van der Waals surface area contributed by atoms with Gasteiger partial charge in [0.15, 0.2) is 0 Å². The molecule has 3 rings (SSSR count). The molecular weight excluding hydrogens is 290 g/mol. The molecule has 3 heteroatoms. The van der Waals surface area contributed by atoms with Crippen LogP contribution in [0.1, 0.15) is 51.4 Å². The van der Waals surface area contributed by atoms with E-state index in [4.69, 9.17) is 0 Å². The lowest BCUT2D eigenvalue weighted by atomic mass is 9.85. The molecule has 3 aliphatic rings. The fourth-order valence-electron chi connectivity index (χ4n) is 4.16. The molecule has 0 radical (unpaired) electrons. The van der Waals surface area contributed by atoms with Crippen molar-refractivity contribution in [2.45, 2.75) is 57.4 Å². The Balaban J connectivity index is 1.63. The zero-order chi connectivity index (χ0) is 12.5. The van der Waals surface area contributed by atoms with Crippen LogP contribution in [0.25, 0.3) is 0 Å². The van der Waals surface area contributed by atoms with Gasteiger partial charge in [0.05, 0.1) is 0 Å². The molecule has 3 fully saturated rings. The molecule has 102 valence electrons. The second kappa shape index (κ2) is 5.52. The van der Waals surface area contributed by atoms with Gasteiger partial charge in [-0.3, -0.25) is 4.79 Å². The largest absolute Gasteiger partial charge is 0.339 e. The van der Waals surface area contributed by atoms with E-state index in [0.29, 0.717) is 17.9 Å². The number of carbonyl (C=O) groups is 1. The van der Waals surface area contributed by atoms with E-state index in [2.05, 4.69) is 20.8 Å². The summed E-state index contributed by atoms with van der Waals surface area (Å²) in [6.07, 6.45) is 10.2. The van der Waals surface area contributed by atoms with Gasteiger partial charge in [-0.15, -0.1) is 0 Å². The highest BCUT2D eigenvalue weighted by Gasteiger charge is 2.45. The van der Waals surface area contributed by atoms with E-state index < -0.39 is 0 Å². The lowest BCUT2D eigenvalue weighted by molar-refractivity contribution is -0.141. The number of fused-ring (bicyclic) bond motifs is 2. The number of amides is 1. The first-order valence-electron chi connectivity index (χ1n) is 7.66. The molecular formula is C15H24BrNO. The number of hydrogen-bond donors (Lipinski definition) is 0. The van der Waals surface area contributed by atoms with E-state index in [-0.39, 0.29) is 0 Å². The Morgan fingerprint density at radius 3 is 2.50 bits per heavy atom. The van der Waals surface area contributed by atoms with Crippen molar-refractivity contribution in [2.75, 3.05) is 11.9 Å². The van der Waals surface area contributed by atoms with Gasteiger partial charge in [-0.05, 0) is 56.8 Å². The van der Waals surface area contributed by atoms with Gasteiger partial charge in [-0.25, -0.2) is 0 Å². The summed E-state index contributed by atoms with van der Waals surface area (Å²) in [4.78, 5) is 15.0. The third-order valence-corrected chi connectivity index (χ3v) is 5.95. The summed E-state index contributed by atoms with van der Waals surface area (Å²) in [6, 6.07) is 0.579. The second-order valence-corrected chi connectivity index (χ2v) is 7.23. The summed E-state index contributed by atoms with van der Waals surface area (Å²) >= 11 is 3.49. The molecule has 1 amide bonds. The van der Waals surface area contributed by atoms with Crippen molar-refractivity contribution in [3.8, 4) is 0 Å². The minimum Gasteiger partial charge on any atom is -0.339 e. The van der Waals surface area contributed by atoms with Crippen LogP contribution in [0.15, 0.2) is 0 Å². The zero-order valence-corrected chi connectivity index (χ0v) is 12.7. The minimum absolute atomic E-state index is 0.389. The summed E-state index contributed by atoms with van der Waals surface area (Å²) in [5, 5.41) is 1.01. The van der Waals surface area contributed by atoms with Gasteiger partial charge in [0.1, 0.15) is 0 Å². The Morgan fingerprint density at radius 2 is 2.00 bits per heavy atom. The molecule has 0 N–H and O–H groups in total. The highest BCUT2D eigenvalue weighted by atomic mass is 79.9. The maximum absolute atomic E-state index is 12.8. The number of halogens is 1. The van der Waals surface area contributed by atoms with E-state index >= 15 is 0 Å². The van der Waals surface area contributed by atoms with E-state index in [1.54, 1.807) is 0 Å². The Labute approximate surface area is 119 Å². The first-order chi connectivity index (χ1) is 8.79. The zero-order valence-electron chi connectivity index (χ0n) is 11.1. The topological polar surface area (TPSA) is 20.3 Å². The third kappa shape index (κ3) is 2.35. The normalized spacial score (nSPS) is 34.6. The molecule has 3 aliphatic carbocycles. The summed E-state index contributed by atoms with van der Waals surface area (Å²) in [5.41, 5.74) is 0. The third-order valence-electron chi connectivity index (χ3n) is 5.39. The average molecular weight is 314 g/mol. The van der Waals surface area contributed by atoms with Crippen molar-refractivity contribution < 1.29 is 4.79 Å². The van der Waals surface area contributed by atoms with Gasteiger partial charge < -0.3 is 4.90 Å². The summed E-state index contributed by atoms with van der Waals surface area (Å²) in [6.45, 7) is 0.975. The van der Waals surface area contributed by atoms with Crippen molar-refractivity contribution in [2.24, 2.45) is 17.8 Å². The van der Waals surface area contributed by atoms with Crippen molar-refractivity contribution in [1.29, 1.82) is 0 Å². The van der Waals surface area contributed by atoms with E-state index in [9.17, 15) is 4.79 Å². The van der Waals surface area contributed by atoms with Gasteiger partial charge in [0.2, 0.25) is 5.91 Å². The molecule has 0 aliphatic heterocycles. The van der Waals surface area contributed by atoms with Crippen molar-refractivity contribution in [3.05, 3.63) is 0 Å². The molecule has 2 nitrogen and oxygen atoms in total. The van der Waals surface area contributed by atoms with E-state index in [1.807, 2.05) is 0 Å². The molecule has 0 heterocycles. The van der Waals surface area contributed by atoms with E-state index in [1.165, 1.54) is 44.9 Å². The fourth-order valence-corrected chi connectivity index (χ4v) is 4.41. The van der Waals surface area contributed by atoms with E-state index in [0.717, 1.165) is 30.1 Å². The van der Waals surface area contributed by atoms with Crippen molar-refractivity contribution in [3.63, 3.8) is 0 Å². The Morgan fingerprint density at radius 1 is 1.17 bits per heavy atom. The van der Waals surface area contributed by atoms with Gasteiger partial charge in [-0.1, -0.05) is 22.4 Å². The maximum atomic E-state index is 12.8. The lowest BCUT2D eigenvalue weighted by Crippen LogP contribution is -2.48. The average Bonchev–Trinajstić information content (AvgIpc) is 2.93. The quantitative estimate of drug-likeness (QED) is 0.710. The molecule has 0 aromatic rings. The predicted molar refractivity (Wildman–Crippen MR) is 76.7 cm³/mol. The predicted octanol–water partition coefficient (Wildman–Crippen LogP) is 3.59. The van der Waals surface area contributed by atoms with Crippen LogP contribution >= 0.6 is 15.9 Å². The van der Waals surface area contributed by atoms with Gasteiger partial charge in [-0.2, -0.15) is 0 Å². The first kappa shape index (κ1) is 13.0. The highest BCUT2D eigenvalue weighted by molar-refractivity contribution is 9.09. The molecule has 3 saturated carbocycles. The molecule has 0 aromatic heterocycles. The molecule has 0 saturated heterocycles. The molecule has 0 aromatic carbocycles. The molecule has 2 bridgehead atoms. The second-order valence-electron chi connectivity index (χ2n) is 6.44. The molecule has 3 unspecified atom stereocenters. The monoisotopic (exact) mass is 313 g/mol. The van der Waals surface area contributed by atoms with Crippen molar-refractivity contribution in [1.82, 2.24) is 4.90 Å². The number of nitrogens with zero attached hydrogens (tertiary/aromatic N) is 1. The lowest BCUT2D eigenvalue weighted by Gasteiger charge is -2.40. The van der Waals surface area contributed by atoms with Crippen LogP contribution in [0.3, 0.4) is 0 Å². The number of hydrogen-bond acceptors (Lipinski definition) is 1. The molecule has 3 atom stereocenters. The molecule has 0 spiro atoms. The molecule has 18 heavy (non-hydrogen) atoms. The highest BCUT2D eigenvalue weighted by Crippen LogP contribution is 2.49. The minimum atomic E-state index is 0.389. The standard InChI is InChI=1S/C15H24BrNO/c16-7-2-8-17(13-3-1-4-13)15(18)14-10-11-5-6-12(14)9-11/h11-14H,1-10H2. The Bertz CT molecular complexity index is 316. The Hall–Kier alpha value is -0.0500. The van der Waals surface area contributed by atoms with Crippen LogP contribution in [-0.2, 0) is 4.79 Å². The van der Waals surface area contributed by atoms with Crippen LogP contribution in [0.4, 0.5) is 0 Å². The number of alkyl halides is 1. The number of carbonyl (C=O) groups excluding carboxylic acids is 1. The number of rotatable bonds is 5. The van der Waals surface area contributed by atoms with Gasteiger partial charge >= 0.3 is 0 Å². The summed E-state index contributed by atoms with van der Waals surface area (Å²) in [5.74, 6) is 2.50. The Kier molecular flexibility index (Phi) is 3.97. The van der Waals surface area contributed by atoms with Crippen LogP contribution in [0.5, 0.6) is 0 Å². The smallest absolute Gasteiger partial charge is 0.226 e. The van der Waals surface area contributed by atoms with Crippen LogP contribution in [0, 0.1) is 17.8 Å². The van der Waals surface area contributed by atoms with Gasteiger partial charge in [0.25, 0.3) is 0 Å². The van der Waals surface area contributed by atoms with Crippen LogP contribution in [-0.4, -0.2) is 28.7 Å². The van der Waals surface area contributed by atoms with Gasteiger partial charge in [0, 0.05) is 23.8 Å². The summed E-state index contributed by atoms with van der Waals surface area (Å²) in [7, 11) is 0. The first-order valence-corrected chi connectivity index (χ1v) is 8.78. The van der Waals surface area contributed by atoms with Crippen molar-refractivity contribution >= 4 is 21.8 Å². The SMILES string of the molecule is O=C(C1CC2CCC1C2)N(CCCBr)C1CCC1.